The molecule has 13 heteroatoms. The number of benzene rings is 1. The SMILES string of the molecule is C=CCn1c(=O)c2cnc(Nc3ccc(C4CCNCC4)c(C(F)(F)F)c3)nc2n1C(/C=C\C=O)=N/N(C)C(C)C. The summed E-state index contributed by atoms with van der Waals surface area (Å²) in [5.74, 6) is 0.0212. The number of alkyl halides is 3. The molecule has 1 aliphatic heterocycles. The van der Waals surface area contributed by atoms with E-state index in [9.17, 15) is 22.8 Å². The van der Waals surface area contributed by atoms with Gasteiger partial charge in [0.1, 0.15) is 11.7 Å². The van der Waals surface area contributed by atoms with Gasteiger partial charge >= 0.3 is 6.18 Å². The van der Waals surface area contributed by atoms with Gasteiger partial charge in [-0.15, -0.1) is 6.58 Å². The van der Waals surface area contributed by atoms with Crippen molar-refractivity contribution in [2.75, 3.05) is 25.5 Å². The van der Waals surface area contributed by atoms with Crippen LogP contribution in [-0.4, -0.2) is 62.6 Å². The predicted molar refractivity (Wildman–Crippen MR) is 152 cm³/mol. The van der Waals surface area contributed by atoms with Crippen LogP contribution in [0.1, 0.15) is 43.7 Å². The number of hydrogen-bond acceptors (Lipinski definition) is 8. The van der Waals surface area contributed by atoms with E-state index in [4.69, 9.17) is 0 Å². The average molecular weight is 571 g/mol. The van der Waals surface area contributed by atoms with E-state index in [0.29, 0.717) is 32.2 Å². The largest absolute Gasteiger partial charge is 0.416 e. The Balaban J connectivity index is 1.82. The lowest BCUT2D eigenvalue weighted by molar-refractivity contribution is -0.138. The fourth-order valence-electron chi connectivity index (χ4n) is 4.65. The van der Waals surface area contributed by atoms with Gasteiger partial charge in [0, 0.05) is 25.0 Å². The Morgan fingerprint density at radius 1 is 1.32 bits per heavy atom. The first-order valence-corrected chi connectivity index (χ1v) is 13.3. The highest BCUT2D eigenvalue weighted by Gasteiger charge is 2.36. The minimum absolute atomic E-state index is 0.00133. The zero-order valence-corrected chi connectivity index (χ0v) is 23.1. The van der Waals surface area contributed by atoms with E-state index in [1.54, 1.807) is 18.1 Å². The number of rotatable bonds is 9. The fraction of sp³-hybridized carbons (Fsp3) is 0.393. The third-order valence-corrected chi connectivity index (χ3v) is 6.92. The Morgan fingerprint density at radius 2 is 2.05 bits per heavy atom. The number of nitrogens with one attached hydrogen (secondary N) is 2. The van der Waals surface area contributed by atoms with Gasteiger partial charge in [-0.1, -0.05) is 12.1 Å². The van der Waals surface area contributed by atoms with Crippen molar-refractivity contribution in [2.45, 2.75) is 51.4 Å². The Morgan fingerprint density at radius 3 is 2.68 bits per heavy atom. The van der Waals surface area contributed by atoms with Crippen molar-refractivity contribution in [1.29, 1.82) is 0 Å². The third kappa shape index (κ3) is 6.56. The zero-order chi connectivity index (χ0) is 29.7. The summed E-state index contributed by atoms with van der Waals surface area (Å²) in [5.41, 5.74) is -0.536. The molecule has 3 aromatic rings. The Labute approximate surface area is 235 Å². The van der Waals surface area contributed by atoms with Crippen molar-refractivity contribution in [1.82, 2.24) is 29.7 Å². The van der Waals surface area contributed by atoms with E-state index < -0.39 is 17.3 Å². The number of hydrogen-bond donors (Lipinski definition) is 2. The third-order valence-electron chi connectivity index (χ3n) is 6.92. The second-order valence-corrected chi connectivity index (χ2v) is 9.99. The van der Waals surface area contributed by atoms with Gasteiger partial charge < -0.3 is 10.6 Å². The van der Waals surface area contributed by atoms with E-state index >= 15 is 0 Å². The van der Waals surface area contributed by atoms with Gasteiger partial charge in [-0.05, 0) is 75.5 Å². The van der Waals surface area contributed by atoms with E-state index in [1.165, 1.54) is 39.9 Å². The van der Waals surface area contributed by atoms with E-state index in [-0.39, 0.29) is 52.6 Å². The van der Waals surface area contributed by atoms with Crippen molar-refractivity contribution in [3.05, 3.63) is 70.7 Å². The summed E-state index contributed by atoms with van der Waals surface area (Å²) in [6.07, 6.45) is 2.82. The predicted octanol–water partition coefficient (Wildman–Crippen LogP) is 4.27. The summed E-state index contributed by atoms with van der Waals surface area (Å²) < 4.78 is 45.0. The van der Waals surface area contributed by atoms with Gasteiger partial charge in [-0.3, -0.25) is 14.6 Å². The summed E-state index contributed by atoms with van der Waals surface area (Å²) in [5, 5.41) is 12.4. The number of carbonyl (C=O) groups is 1. The number of nitrogens with zero attached hydrogens (tertiary/aromatic N) is 6. The maximum Gasteiger partial charge on any atom is 0.416 e. The van der Waals surface area contributed by atoms with Crippen LogP contribution in [0.3, 0.4) is 0 Å². The van der Waals surface area contributed by atoms with Gasteiger partial charge in [0.2, 0.25) is 5.95 Å². The number of aldehydes is 1. The summed E-state index contributed by atoms with van der Waals surface area (Å²) in [6.45, 7) is 9.00. The lowest BCUT2D eigenvalue weighted by Gasteiger charge is -2.26. The highest BCUT2D eigenvalue weighted by Crippen LogP contribution is 2.39. The first-order valence-electron chi connectivity index (χ1n) is 13.3. The molecule has 0 radical (unpaired) electrons. The molecule has 1 aromatic carbocycles. The van der Waals surface area contributed by atoms with Gasteiger partial charge in [0.15, 0.2) is 11.5 Å². The molecule has 3 heterocycles. The molecule has 4 rings (SSSR count). The number of piperidine rings is 1. The first-order chi connectivity index (χ1) is 19.5. The Kier molecular flexibility index (Phi) is 9.06. The second kappa shape index (κ2) is 12.5. The van der Waals surface area contributed by atoms with Crippen molar-refractivity contribution in [3.63, 3.8) is 0 Å². The molecule has 0 unspecified atom stereocenters. The second-order valence-electron chi connectivity index (χ2n) is 9.99. The van der Waals surface area contributed by atoms with E-state index in [2.05, 4.69) is 32.3 Å². The van der Waals surface area contributed by atoms with Gasteiger partial charge in [-0.2, -0.15) is 23.3 Å². The van der Waals surface area contributed by atoms with Crippen LogP contribution in [0.4, 0.5) is 24.8 Å². The molecule has 1 saturated heterocycles. The summed E-state index contributed by atoms with van der Waals surface area (Å²) >= 11 is 0. The van der Waals surface area contributed by atoms with Crippen LogP contribution in [0.5, 0.6) is 0 Å². The zero-order valence-electron chi connectivity index (χ0n) is 23.1. The molecule has 1 fully saturated rings. The van der Waals surface area contributed by atoms with Crippen LogP contribution in [0.2, 0.25) is 0 Å². The smallest absolute Gasteiger partial charge is 0.324 e. The van der Waals surface area contributed by atoms with Gasteiger partial charge in [-0.25, -0.2) is 14.3 Å². The highest BCUT2D eigenvalue weighted by molar-refractivity contribution is 6.01. The van der Waals surface area contributed by atoms with Crippen LogP contribution >= 0.6 is 0 Å². The van der Waals surface area contributed by atoms with Crippen LogP contribution in [0.25, 0.3) is 11.0 Å². The molecule has 10 nitrogen and oxygen atoms in total. The molecular weight excluding hydrogens is 537 g/mol. The summed E-state index contributed by atoms with van der Waals surface area (Å²) in [7, 11) is 1.74. The molecular formula is C28H33F3N8O2. The van der Waals surface area contributed by atoms with Crippen LogP contribution in [0.15, 0.2) is 59.1 Å². The van der Waals surface area contributed by atoms with Crippen molar-refractivity contribution in [3.8, 4) is 0 Å². The van der Waals surface area contributed by atoms with E-state index in [0.717, 1.165) is 6.07 Å². The normalized spacial score (nSPS) is 15.1. The Bertz CT molecular complexity index is 1530. The molecule has 41 heavy (non-hydrogen) atoms. The molecule has 0 atom stereocenters. The van der Waals surface area contributed by atoms with Crippen molar-refractivity contribution in [2.24, 2.45) is 5.10 Å². The molecule has 0 saturated carbocycles. The van der Waals surface area contributed by atoms with Crippen LogP contribution in [0, 0.1) is 0 Å². The molecule has 2 aromatic heterocycles. The minimum Gasteiger partial charge on any atom is -0.324 e. The molecule has 0 aliphatic carbocycles. The monoisotopic (exact) mass is 570 g/mol. The number of hydrazone groups is 1. The molecule has 218 valence electrons. The van der Waals surface area contributed by atoms with Crippen molar-refractivity contribution >= 4 is 34.8 Å². The topological polar surface area (TPSA) is 109 Å². The number of carbonyl (C=O) groups excluding carboxylic acids is 1. The lowest BCUT2D eigenvalue weighted by atomic mass is 9.86. The number of fused-ring (bicyclic) bond motifs is 1. The van der Waals surface area contributed by atoms with Crippen molar-refractivity contribution < 1.29 is 18.0 Å². The van der Waals surface area contributed by atoms with Gasteiger partial charge in [0.25, 0.3) is 5.56 Å². The average Bonchev–Trinajstić information content (AvgIpc) is 3.21. The number of aromatic nitrogens is 4. The molecule has 0 bridgehead atoms. The molecule has 0 spiro atoms. The minimum atomic E-state index is -4.54. The maximum absolute atomic E-state index is 14.1. The number of halogens is 3. The number of anilines is 2. The van der Waals surface area contributed by atoms with E-state index in [1.807, 2.05) is 13.8 Å². The highest BCUT2D eigenvalue weighted by atomic mass is 19.4. The standard InChI is InChI=1S/C28H33F3N8O2/c1-5-14-38-26(41)22-17-33-27(35-25(22)39(38)24(7-6-15-40)36-37(4)18(2)3)34-20-8-9-21(19-10-12-32-13-11-19)23(16-20)28(29,30)31/h5-9,15-19,32H,1,10-14H2,2-4H3,(H,33,34,35)/b7-6-,36-24+. The summed E-state index contributed by atoms with van der Waals surface area (Å²) in [4.78, 5) is 33.1. The quantitative estimate of drug-likeness (QED) is 0.0988. The van der Waals surface area contributed by atoms with Gasteiger partial charge in [0.05, 0.1) is 12.1 Å². The number of allylic oxidation sites excluding steroid dienone is 3. The molecule has 0 amide bonds. The van der Waals surface area contributed by atoms with Crippen LogP contribution < -0.4 is 16.2 Å². The first kappa shape index (κ1) is 29.7. The lowest BCUT2D eigenvalue weighted by Crippen LogP contribution is -2.30. The summed E-state index contributed by atoms with van der Waals surface area (Å²) in [6, 6.07) is 4.15. The van der Waals surface area contributed by atoms with Crippen LogP contribution in [-0.2, 0) is 17.5 Å². The Hall–Kier alpha value is -4.26. The molecule has 1 aliphatic rings. The molecule has 2 N–H and O–H groups in total. The fourth-order valence-corrected chi connectivity index (χ4v) is 4.65. The maximum atomic E-state index is 14.1.